The fourth-order valence-electron chi connectivity index (χ4n) is 2.54. The molecule has 0 radical (unpaired) electrons. The second-order valence-electron chi connectivity index (χ2n) is 4.68. The van der Waals surface area contributed by atoms with Gasteiger partial charge < -0.3 is 5.73 Å². The molecule has 0 aromatic heterocycles. The summed E-state index contributed by atoms with van der Waals surface area (Å²) in [6.45, 7) is 6.34. The van der Waals surface area contributed by atoms with Crippen LogP contribution in [0.3, 0.4) is 0 Å². The topological polar surface area (TPSA) is 38.4 Å². The van der Waals surface area contributed by atoms with Crippen LogP contribution in [0.25, 0.3) is 0 Å². The molecule has 2 N–H and O–H groups in total. The maximum absolute atomic E-state index is 5.65. The molecule has 0 fully saturated rings. The zero-order valence-electron chi connectivity index (χ0n) is 11.8. The van der Waals surface area contributed by atoms with Crippen LogP contribution < -0.4 is 5.73 Å². The van der Waals surface area contributed by atoms with E-state index >= 15 is 0 Å². The average molecular weight is 264 g/mol. The van der Waals surface area contributed by atoms with Crippen molar-refractivity contribution in [2.24, 2.45) is 10.7 Å². The van der Waals surface area contributed by atoms with Crippen LogP contribution in [0.5, 0.6) is 0 Å². The van der Waals surface area contributed by atoms with Crippen LogP contribution in [0.4, 0.5) is 0 Å². The van der Waals surface area contributed by atoms with Crippen molar-refractivity contribution in [2.45, 2.75) is 18.9 Å². The highest BCUT2D eigenvalue weighted by molar-refractivity contribution is 5.58. The quantitative estimate of drug-likeness (QED) is 0.497. The van der Waals surface area contributed by atoms with Gasteiger partial charge in [0.05, 0.1) is 6.34 Å². The molecule has 0 amide bonds. The van der Waals surface area contributed by atoms with Crippen molar-refractivity contribution in [2.75, 3.05) is 0 Å². The molecule has 0 aliphatic rings. The van der Waals surface area contributed by atoms with Gasteiger partial charge in [0.1, 0.15) is 5.54 Å². The predicted octanol–water partition coefficient (Wildman–Crippen LogP) is 3.88. The van der Waals surface area contributed by atoms with E-state index in [1.54, 1.807) is 0 Å². The van der Waals surface area contributed by atoms with Crippen LogP contribution in [0.2, 0.25) is 0 Å². The minimum absolute atomic E-state index is 0.605. The van der Waals surface area contributed by atoms with E-state index in [0.29, 0.717) is 0 Å². The average Bonchev–Trinajstić information content (AvgIpc) is 2.53. The van der Waals surface area contributed by atoms with Gasteiger partial charge in [-0.3, -0.25) is 4.99 Å². The number of rotatable bonds is 5. The lowest BCUT2D eigenvalue weighted by atomic mass is 9.77. The van der Waals surface area contributed by atoms with Gasteiger partial charge in [-0.25, -0.2) is 0 Å². The number of hydrogen-bond donors (Lipinski definition) is 1. The summed E-state index contributed by atoms with van der Waals surface area (Å²) in [5, 5.41) is 0. The van der Waals surface area contributed by atoms with E-state index in [1.165, 1.54) is 6.34 Å². The van der Waals surface area contributed by atoms with E-state index in [9.17, 15) is 0 Å². The van der Waals surface area contributed by atoms with E-state index in [1.807, 2.05) is 36.4 Å². The SMILES string of the molecule is C=C(CC)C(N=CN)(c1ccccc1)c1ccccc1. The molecule has 0 heterocycles. The molecule has 0 spiro atoms. The van der Waals surface area contributed by atoms with Gasteiger partial charge in [0.25, 0.3) is 0 Å². The summed E-state index contributed by atoms with van der Waals surface area (Å²) in [6, 6.07) is 20.3. The molecular weight excluding hydrogens is 244 g/mol. The molecule has 2 rings (SSSR count). The fourth-order valence-corrected chi connectivity index (χ4v) is 2.54. The third-order valence-electron chi connectivity index (χ3n) is 3.59. The Bertz CT molecular complexity index is 546. The molecule has 2 nitrogen and oxygen atoms in total. The molecule has 0 bridgehead atoms. The van der Waals surface area contributed by atoms with Crippen LogP contribution in [-0.2, 0) is 5.54 Å². The number of benzene rings is 2. The Morgan fingerprint density at radius 3 is 1.85 bits per heavy atom. The van der Waals surface area contributed by atoms with Crippen molar-refractivity contribution in [1.29, 1.82) is 0 Å². The summed E-state index contributed by atoms with van der Waals surface area (Å²) >= 11 is 0. The lowest BCUT2D eigenvalue weighted by molar-refractivity contribution is 0.621. The van der Waals surface area contributed by atoms with Gasteiger partial charge in [-0.1, -0.05) is 74.2 Å². The van der Waals surface area contributed by atoms with E-state index < -0.39 is 5.54 Å². The number of nitrogens with zero attached hydrogens (tertiary/aromatic N) is 1. The molecule has 0 aliphatic heterocycles. The first-order chi connectivity index (χ1) is 9.75. The molecular formula is C18H20N2. The van der Waals surface area contributed by atoms with Crippen molar-refractivity contribution in [1.82, 2.24) is 0 Å². The summed E-state index contributed by atoms with van der Waals surface area (Å²) in [5.41, 5.74) is 8.23. The molecule has 0 saturated carbocycles. The van der Waals surface area contributed by atoms with Gasteiger partial charge in [0, 0.05) is 0 Å². The monoisotopic (exact) mass is 264 g/mol. The fraction of sp³-hybridized carbons (Fsp3) is 0.167. The van der Waals surface area contributed by atoms with Crippen LogP contribution in [0.15, 0.2) is 77.8 Å². The largest absolute Gasteiger partial charge is 0.390 e. The normalized spacial score (nSPS) is 11.7. The van der Waals surface area contributed by atoms with Crippen molar-refractivity contribution in [3.05, 3.63) is 83.9 Å². The number of aliphatic imine (C=N–C) groups is 1. The van der Waals surface area contributed by atoms with Gasteiger partial charge >= 0.3 is 0 Å². The summed E-state index contributed by atoms with van der Waals surface area (Å²) in [7, 11) is 0. The third-order valence-corrected chi connectivity index (χ3v) is 3.59. The maximum Gasteiger partial charge on any atom is 0.133 e. The van der Waals surface area contributed by atoms with Gasteiger partial charge in [0.2, 0.25) is 0 Å². The van der Waals surface area contributed by atoms with Crippen molar-refractivity contribution in [3.63, 3.8) is 0 Å². The highest BCUT2D eigenvalue weighted by Gasteiger charge is 2.35. The Morgan fingerprint density at radius 1 is 1.05 bits per heavy atom. The van der Waals surface area contributed by atoms with Gasteiger partial charge in [-0.05, 0) is 23.1 Å². The third kappa shape index (κ3) is 2.37. The Kier molecular flexibility index (Phi) is 4.36. The zero-order chi connectivity index (χ0) is 14.4. The molecule has 102 valence electrons. The lowest BCUT2D eigenvalue weighted by Crippen LogP contribution is -2.28. The molecule has 0 saturated heterocycles. The number of hydrogen-bond acceptors (Lipinski definition) is 1. The highest BCUT2D eigenvalue weighted by Crippen LogP contribution is 2.40. The Morgan fingerprint density at radius 2 is 1.50 bits per heavy atom. The molecule has 0 atom stereocenters. The lowest BCUT2D eigenvalue weighted by Gasteiger charge is -2.32. The molecule has 2 aromatic rings. The van der Waals surface area contributed by atoms with Gasteiger partial charge in [-0.15, -0.1) is 0 Å². The predicted molar refractivity (Wildman–Crippen MR) is 85.8 cm³/mol. The highest BCUT2D eigenvalue weighted by atomic mass is 14.9. The maximum atomic E-state index is 5.65. The summed E-state index contributed by atoms with van der Waals surface area (Å²) in [4.78, 5) is 4.62. The molecule has 2 heteroatoms. The second-order valence-corrected chi connectivity index (χ2v) is 4.68. The van der Waals surface area contributed by atoms with Crippen LogP contribution in [0.1, 0.15) is 24.5 Å². The molecule has 2 aromatic carbocycles. The van der Waals surface area contributed by atoms with Crippen LogP contribution in [-0.4, -0.2) is 6.34 Å². The minimum atomic E-state index is -0.605. The number of nitrogens with two attached hydrogens (primary N) is 1. The van der Waals surface area contributed by atoms with E-state index in [-0.39, 0.29) is 0 Å². The Hall–Kier alpha value is -2.35. The zero-order valence-corrected chi connectivity index (χ0v) is 11.8. The standard InChI is InChI=1S/C18H20N2/c1-3-15(2)18(20-14-19,16-10-6-4-7-11-16)17-12-8-5-9-13-17/h4-14H,2-3H2,1H3,(H2,19,20). The Labute approximate surface area is 120 Å². The summed E-state index contributed by atoms with van der Waals surface area (Å²) < 4.78 is 0. The van der Waals surface area contributed by atoms with Crippen LogP contribution in [0, 0.1) is 0 Å². The molecule has 20 heavy (non-hydrogen) atoms. The van der Waals surface area contributed by atoms with E-state index in [0.717, 1.165) is 23.1 Å². The van der Waals surface area contributed by atoms with Crippen LogP contribution >= 0.6 is 0 Å². The first kappa shape index (κ1) is 14.1. The second kappa shape index (κ2) is 6.20. The van der Waals surface area contributed by atoms with Crippen molar-refractivity contribution < 1.29 is 0 Å². The Balaban J connectivity index is 2.73. The summed E-state index contributed by atoms with van der Waals surface area (Å²) in [5.74, 6) is 0. The van der Waals surface area contributed by atoms with Crippen molar-refractivity contribution in [3.8, 4) is 0 Å². The van der Waals surface area contributed by atoms with Gasteiger partial charge in [-0.2, -0.15) is 0 Å². The smallest absolute Gasteiger partial charge is 0.133 e. The molecule has 0 unspecified atom stereocenters. The first-order valence-electron chi connectivity index (χ1n) is 6.80. The van der Waals surface area contributed by atoms with Crippen molar-refractivity contribution >= 4 is 6.34 Å². The van der Waals surface area contributed by atoms with E-state index in [4.69, 9.17) is 5.73 Å². The summed E-state index contributed by atoms with van der Waals surface area (Å²) in [6.07, 6.45) is 2.21. The molecule has 0 aliphatic carbocycles. The van der Waals surface area contributed by atoms with E-state index in [2.05, 4.69) is 42.8 Å². The first-order valence-corrected chi connectivity index (χ1v) is 6.80. The minimum Gasteiger partial charge on any atom is -0.390 e. The van der Waals surface area contributed by atoms with Gasteiger partial charge in [0.15, 0.2) is 0 Å².